The molecule has 1 rings (SSSR count). The van der Waals surface area contributed by atoms with Gasteiger partial charge in [0.2, 0.25) is 0 Å². The number of aliphatic hydroxyl groups is 1. The number of rotatable bonds is 5. The fourth-order valence-corrected chi connectivity index (χ4v) is 1.67. The normalized spacial score (nSPS) is 11.9. The third-order valence-corrected chi connectivity index (χ3v) is 2.51. The summed E-state index contributed by atoms with van der Waals surface area (Å²) >= 11 is 5.89. The van der Waals surface area contributed by atoms with Crippen LogP contribution in [0.25, 0.3) is 0 Å². The van der Waals surface area contributed by atoms with Crippen molar-refractivity contribution in [3.05, 3.63) is 34.9 Å². The van der Waals surface area contributed by atoms with Gasteiger partial charge in [0.1, 0.15) is 6.61 Å². The Morgan fingerprint density at radius 3 is 2.94 bits per heavy atom. The van der Waals surface area contributed by atoms with Crippen LogP contribution in [-0.2, 0) is 4.74 Å². The number of halogens is 1. The number of amides is 1. The van der Waals surface area contributed by atoms with Crippen molar-refractivity contribution < 1.29 is 14.6 Å². The Morgan fingerprint density at radius 1 is 1.59 bits per heavy atom. The van der Waals surface area contributed by atoms with Crippen LogP contribution in [0.3, 0.4) is 0 Å². The van der Waals surface area contributed by atoms with Gasteiger partial charge in [-0.25, -0.2) is 4.79 Å². The lowest BCUT2D eigenvalue weighted by Gasteiger charge is -2.17. The maximum absolute atomic E-state index is 11.4. The number of carbonyl (C=O) groups is 1. The third kappa shape index (κ3) is 4.63. The first-order chi connectivity index (χ1) is 8.17. The molecule has 0 saturated heterocycles. The van der Waals surface area contributed by atoms with Crippen LogP contribution in [0.4, 0.5) is 4.79 Å². The molecule has 0 aliphatic heterocycles. The smallest absolute Gasteiger partial charge is 0.407 e. The average Bonchev–Trinajstić information content (AvgIpc) is 2.33. The second-order valence-corrected chi connectivity index (χ2v) is 3.96. The third-order valence-electron chi connectivity index (χ3n) is 2.28. The fourth-order valence-electron chi connectivity index (χ4n) is 1.47. The summed E-state index contributed by atoms with van der Waals surface area (Å²) < 4.78 is 4.74. The molecule has 1 aromatic carbocycles. The lowest BCUT2D eigenvalue weighted by atomic mass is 10.1. The van der Waals surface area contributed by atoms with Crippen LogP contribution >= 0.6 is 11.6 Å². The van der Waals surface area contributed by atoms with Crippen molar-refractivity contribution in [2.45, 2.75) is 19.4 Å². The van der Waals surface area contributed by atoms with Gasteiger partial charge in [0, 0.05) is 5.02 Å². The van der Waals surface area contributed by atoms with Crippen LogP contribution in [0.15, 0.2) is 24.3 Å². The topological polar surface area (TPSA) is 58.6 Å². The summed E-state index contributed by atoms with van der Waals surface area (Å²) in [4.78, 5) is 11.4. The largest absolute Gasteiger partial charge is 0.447 e. The van der Waals surface area contributed by atoms with Crippen molar-refractivity contribution in [3.63, 3.8) is 0 Å². The van der Waals surface area contributed by atoms with Crippen LogP contribution in [-0.4, -0.2) is 24.4 Å². The molecular formula is C12H16ClNO3. The van der Waals surface area contributed by atoms with Gasteiger partial charge in [0.15, 0.2) is 0 Å². The van der Waals surface area contributed by atoms with Gasteiger partial charge < -0.3 is 15.2 Å². The first kappa shape index (κ1) is 13.8. The van der Waals surface area contributed by atoms with Gasteiger partial charge in [-0.2, -0.15) is 0 Å². The van der Waals surface area contributed by atoms with Crippen molar-refractivity contribution in [2.75, 3.05) is 13.2 Å². The lowest BCUT2D eigenvalue weighted by Crippen LogP contribution is -2.29. The molecule has 0 aromatic heterocycles. The van der Waals surface area contributed by atoms with Gasteiger partial charge in [-0.05, 0) is 24.1 Å². The molecule has 2 N–H and O–H groups in total. The quantitative estimate of drug-likeness (QED) is 0.852. The number of hydrogen-bond donors (Lipinski definition) is 2. The van der Waals surface area contributed by atoms with E-state index in [0.717, 1.165) is 12.0 Å². The molecule has 0 saturated carbocycles. The molecule has 0 fully saturated rings. The zero-order valence-electron chi connectivity index (χ0n) is 9.65. The molecule has 0 bridgehead atoms. The van der Waals surface area contributed by atoms with E-state index in [4.69, 9.17) is 21.4 Å². The minimum Gasteiger partial charge on any atom is -0.447 e. The van der Waals surface area contributed by atoms with E-state index >= 15 is 0 Å². The molecule has 1 aromatic rings. The molecule has 1 atom stereocenters. The number of aliphatic hydroxyl groups excluding tert-OH is 1. The summed E-state index contributed by atoms with van der Waals surface area (Å²) in [7, 11) is 0. The summed E-state index contributed by atoms with van der Waals surface area (Å²) in [6.45, 7) is 1.77. The van der Waals surface area contributed by atoms with Crippen molar-refractivity contribution >= 4 is 17.7 Å². The molecule has 94 valence electrons. The summed E-state index contributed by atoms with van der Waals surface area (Å²) in [6, 6.07) is 7.18. The van der Waals surface area contributed by atoms with E-state index in [0.29, 0.717) is 5.02 Å². The Kier molecular flexibility index (Phi) is 5.80. The first-order valence-electron chi connectivity index (χ1n) is 5.47. The van der Waals surface area contributed by atoms with Crippen molar-refractivity contribution in [3.8, 4) is 0 Å². The molecule has 0 spiro atoms. The second kappa shape index (κ2) is 7.14. The van der Waals surface area contributed by atoms with Gasteiger partial charge >= 0.3 is 6.09 Å². The first-order valence-corrected chi connectivity index (χ1v) is 5.84. The molecule has 5 heteroatoms. The van der Waals surface area contributed by atoms with Gasteiger partial charge in [-0.1, -0.05) is 30.7 Å². The van der Waals surface area contributed by atoms with Crippen LogP contribution in [0, 0.1) is 0 Å². The highest BCUT2D eigenvalue weighted by Gasteiger charge is 2.13. The molecular weight excluding hydrogens is 242 g/mol. The number of alkyl carbamates (subject to hydrolysis) is 1. The molecule has 0 radical (unpaired) electrons. The van der Waals surface area contributed by atoms with Crippen LogP contribution in [0.5, 0.6) is 0 Å². The Balaban J connectivity index is 2.62. The highest BCUT2D eigenvalue weighted by Crippen LogP contribution is 2.20. The zero-order chi connectivity index (χ0) is 12.7. The summed E-state index contributed by atoms with van der Waals surface area (Å²) in [5.41, 5.74) is 0.931. The van der Waals surface area contributed by atoms with Gasteiger partial charge in [0.25, 0.3) is 0 Å². The SMILES string of the molecule is CCC(NC(=O)OCCO)c1cccc(Cl)c1. The Morgan fingerprint density at radius 2 is 2.35 bits per heavy atom. The monoisotopic (exact) mass is 257 g/mol. The molecule has 4 nitrogen and oxygen atoms in total. The Labute approximate surface area is 106 Å². The maximum atomic E-state index is 11.4. The highest BCUT2D eigenvalue weighted by molar-refractivity contribution is 6.30. The second-order valence-electron chi connectivity index (χ2n) is 3.52. The standard InChI is InChI=1S/C12H16ClNO3/c1-2-11(14-12(16)17-7-6-15)9-4-3-5-10(13)8-9/h3-5,8,11,15H,2,6-7H2,1H3,(H,14,16). The van der Waals surface area contributed by atoms with Crippen LogP contribution in [0.1, 0.15) is 24.9 Å². The van der Waals surface area contributed by atoms with E-state index in [9.17, 15) is 4.79 Å². The molecule has 1 amide bonds. The highest BCUT2D eigenvalue weighted by atomic mass is 35.5. The summed E-state index contributed by atoms with van der Waals surface area (Å²) in [5, 5.41) is 11.9. The van der Waals surface area contributed by atoms with E-state index in [-0.39, 0.29) is 19.3 Å². The minimum absolute atomic E-state index is 0.00217. The van der Waals surface area contributed by atoms with E-state index in [1.807, 2.05) is 25.1 Å². The maximum Gasteiger partial charge on any atom is 0.407 e. The molecule has 0 aliphatic rings. The van der Waals surface area contributed by atoms with Crippen LogP contribution < -0.4 is 5.32 Å². The molecule has 0 aliphatic carbocycles. The van der Waals surface area contributed by atoms with Crippen molar-refractivity contribution in [1.82, 2.24) is 5.32 Å². The van der Waals surface area contributed by atoms with Crippen molar-refractivity contribution in [1.29, 1.82) is 0 Å². The predicted octanol–water partition coefficient (Wildman–Crippen LogP) is 2.51. The van der Waals surface area contributed by atoms with Crippen LogP contribution in [0.2, 0.25) is 5.02 Å². The molecule has 0 heterocycles. The van der Waals surface area contributed by atoms with Gasteiger partial charge in [-0.15, -0.1) is 0 Å². The number of benzene rings is 1. The van der Waals surface area contributed by atoms with Gasteiger partial charge in [0.05, 0.1) is 12.6 Å². The zero-order valence-corrected chi connectivity index (χ0v) is 10.4. The lowest BCUT2D eigenvalue weighted by molar-refractivity contribution is 0.116. The number of hydrogen-bond acceptors (Lipinski definition) is 3. The summed E-state index contributed by atoms with van der Waals surface area (Å²) in [5.74, 6) is 0. The van der Waals surface area contributed by atoms with E-state index in [1.54, 1.807) is 6.07 Å². The average molecular weight is 258 g/mol. The Bertz CT molecular complexity index is 371. The number of nitrogens with one attached hydrogen (secondary N) is 1. The summed E-state index contributed by atoms with van der Waals surface area (Å²) in [6.07, 6.45) is 0.194. The van der Waals surface area contributed by atoms with E-state index in [1.165, 1.54) is 0 Å². The molecule has 17 heavy (non-hydrogen) atoms. The fraction of sp³-hybridized carbons (Fsp3) is 0.417. The van der Waals surface area contributed by atoms with E-state index in [2.05, 4.69) is 5.32 Å². The number of carbonyl (C=O) groups excluding carboxylic acids is 1. The van der Waals surface area contributed by atoms with Gasteiger partial charge in [-0.3, -0.25) is 0 Å². The number of ether oxygens (including phenoxy) is 1. The Hall–Kier alpha value is -1.26. The van der Waals surface area contributed by atoms with Crippen molar-refractivity contribution in [2.24, 2.45) is 0 Å². The predicted molar refractivity (Wildman–Crippen MR) is 66.1 cm³/mol. The molecule has 1 unspecified atom stereocenters. The minimum atomic E-state index is -0.536. The van der Waals surface area contributed by atoms with E-state index < -0.39 is 6.09 Å².